The van der Waals surface area contributed by atoms with E-state index in [-0.39, 0.29) is 17.9 Å². The van der Waals surface area contributed by atoms with Gasteiger partial charge in [0, 0.05) is 38.4 Å². The van der Waals surface area contributed by atoms with E-state index in [4.69, 9.17) is 0 Å². The van der Waals surface area contributed by atoms with Gasteiger partial charge in [0.1, 0.15) is 6.54 Å². The van der Waals surface area contributed by atoms with Crippen LogP contribution in [0, 0.1) is 0 Å². The first-order valence-electron chi connectivity index (χ1n) is 8.13. The molecule has 0 fully saturated rings. The smallest absolute Gasteiger partial charge is 0.243 e. The topological polar surface area (TPSA) is 56.7 Å². The number of rotatable bonds is 8. The minimum atomic E-state index is -0.0330. The number of nitrogens with zero attached hydrogens (tertiary/aromatic N) is 2. The second-order valence-corrected chi connectivity index (χ2v) is 7.46. The average Bonchev–Trinajstić information content (AvgIpc) is 2.57. The second-order valence-electron chi connectivity index (χ2n) is 6.48. The van der Waals surface area contributed by atoms with Crippen molar-refractivity contribution in [1.29, 1.82) is 0 Å². The average molecular weight is 351 g/mol. The monoisotopic (exact) mass is 350 g/mol. The lowest BCUT2D eigenvalue weighted by atomic mass is 9.85. The molecule has 1 aromatic rings. The number of carbonyl (C=O) groups is 1. The summed E-state index contributed by atoms with van der Waals surface area (Å²) in [6, 6.07) is 10.4. The molecule has 0 atom stereocenters. The summed E-state index contributed by atoms with van der Waals surface area (Å²) < 4.78 is 0. The molecule has 6 heteroatoms. The first kappa shape index (κ1) is 20.4. The van der Waals surface area contributed by atoms with E-state index in [0.29, 0.717) is 5.96 Å². The molecular weight excluding hydrogens is 320 g/mol. The number of benzene rings is 1. The van der Waals surface area contributed by atoms with Gasteiger partial charge in [0.2, 0.25) is 5.91 Å². The first-order chi connectivity index (χ1) is 11.4. The van der Waals surface area contributed by atoms with Crippen molar-refractivity contribution < 1.29 is 4.79 Å². The van der Waals surface area contributed by atoms with Crippen LogP contribution >= 0.6 is 11.8 Å². The number of hydrogen-bond acceptors (Lipinski definition) is 3. The largest absolute Gasteiger partial charge is 0.356 e. The van der Waals surface area contributed by atoms with Crippen molar-refractivity contribution >= 4 is 23.6 Å². The molecule has 0 radical (unpaired) electrons. The summed E-state index contributed by atoms with van der Waals surface area (Å²) >= 11 is 1.77. The van der Waals surface area contributed by atoms with E-state index in [9.17, 15) is 4.79 Å². The van der Waals surface area contributed by atoms with Crippen LogP contribution in [0.4, 0.5) is 0 Å². The van der Waals surface area contributed by atoms with Gasteiger partial charge in [-0.2, -0.15) is 11.8 Å². The highest BCUT2D eigenvalue weighted by molar-refractivity contribution is 7.98. The van der Waals surface area contributed by atoms with Crippen molar-refractivity contribution in [2.75, 3.05) is 45.7 Å². The van der Waals surface area contributed by atoms with E-state index < -0.39 is 0 Å². The first-order valence-corrected chi connectivity index (χ1v) is 9.53. The van der Waals surface area contributed by atoms with Crippen LogP contribution in [0.15, 0.2) is 35.3 Å². The molecule has 0 saturated carbocycles. The molecular formula is C18H30N4OS. The Kier molecular flexibility index (Phi) is 8.68. The predicted molar refractivity (Wildman–Crippen MR) is 105 cm³/mol. The molecule has 0 heterocycles. The summed E-state index contributed by atoms with van der Waals surface area (Å²) in [4.78, 5) is 17.7. The van der Waals surface area contributed by atoms with Crippen molar-refractivity contribution in [3.63, 3.8) is 0 Å². The Morgan fingerprint density at radius 3 is 2.46 bits per heavy atom. The standard InChI is InChI=1S/C18H30N4OS/c1-18(2,15-9-7-6-8-10-15)14-21-17(19-11-12-24-5)20-13-16(23)22(3)4/h6-10H,11-14H2,1-5H3,(H2,19,20,21). The summed E-state index contributed by atoms with van der Waals surface area (Å²) in [5.74, 6) is 1.66. The number of hydrogen-bond donors (Lipinski definition) is 2. The van der Waals surface area contributed by atoms with Crippen molar-refractivity contribution in [3.8, 4) is 0 Å². The fourth-order valence-corrected chi connectivity index (χ4v) is 2.34. The van der Waals surface area contributed by atoms with E-state index in [0.717, 1.165) is 18.8 Å². The lowest BCUT2D eigenvalue weighted by Crippen LogP contribution is -2.44. The van der Waals surface area contributed by atoms with Gasteiger partial charge in [0.05, 0.1) is 0 Å². The zero-order chi connectivity index (χ0) is 18.0. The van der Waals surface area contributed by atoms with Gasteiger partial charge in [-0.15, -0.1) is 0 Å². The second kappa shape index (κ2) is 10.2. The van der Waals surface area contributed by atoms with Gasteiger partial charge < -0.3 is 15.5 Å². The fraction of sp³-hybridized carbons (Fsp3) is 0.556. The number of aliphatic imine (C=N–C) groups is 1. The van der Waals surface area contributed by atoms with E-state index in [2.05, 4.69) is 60.0 Å². The van der Waals surface area contributed by atoms with Crippen molar-refractivity contribution in [2.45, 2.75) is 19.3 Å². The molecule has 1 aromatic carbocycles. The van der Waals surface area contributed by atoms with Gasteiger partial charge in [0.25, 0.3) is 0 Å². The van der Waals surface area contributed by atoms with Crippen molar-refractivity contribution in [1.82, 2.24) is 15.5 Å². The Bertz CT molecular complexity index is 529. The molecule has 0 spiro atoms. The summed E-state index contributed by atoms with van der Waals surface area (Å²) in [6.45, 7) is 6.08. The molecule has 0 bridgehead atoms. The highest BCUT2D eigenvalue weighted by atomic mass is 32.2. The van der Waals surface area contributed by atoms with Gasteiger partial charge in [-0.1, -0.05) is 44.2 Å². The van der Waals surface area contributed by atoms with Gasteiger partial charge in [-0.3, -0.25) is 4.79 Å². The predicted octanol–water partition coefficient (Wildman–Crippen LogP) is 1.95. The maximum atomic E-state index is 11.8. The summed E-state index contributed by atoms with van der Waals surface area (Å²) in [5, 5.41) is 6.66. The van der Waals surface area contributed by atoms with Gasteiger partial charge in [-0.25, -0.2) is 4.99 Å². The van der Waals surface area contributed by atoms with Crippen LogP contribution in [0.1, 0.15) is 19.4 Å². The third kappa shape index (κ3) is 7.25. The normalized spacial score (nSPS) is 12.0. The SMILES string of the molecule is CSCCNC(=NCC(=O)N(C)C)NCC(C)(C)c1ccccc1. The molecule has 0 aliphatic carbocycles. The molecule has 0 aliphatic heterocycles. The Morgan fingerprint density at radius 1 is 1.21 bits per heavy atom. The number of thioether (sulfide) groups is 1. The van der Waals surface area contributed by atoms with Crippen molar-refractivity contribution in [2.24, 2.45) is 4.99 Å². The van der Waals surface area contributed by atoms with Crippen LogP contribution in [0.2, 0.25) is 0 Å². The van der Waals surface area contributed by atoms with Crippen molar-refractivity contribution in [3.05, 3.63) is 35.9 Å². The third-order valence-corrected chi connectivity index (χ3v) is 4.34. The van der Waals surface area contributed by atoms with Crippen LogP contribution in [0.3, 0.4) is 0 Å². The molecule has 134 valence electrons. The number of nitrogens with one attached hydrogen (secondary N) is 2. The maximum absolute atomic E-state index is 11.8. The number of carbonyl (C=O) groups excluding carboxylic acids is 1. The van der Waals surface area contributed by atoms with Gasteiger partial charge >= 0.3 is 0 Å². The van der Waals surface area contributed by atoms with Crippen LogP contribution in [-0.4, -0.2) is 62.5 Å². The van der Waals surface area contributed by atoms with Crippen LogP contribution in [0.5, 0.6) is 0 Å². The number of guanidine groups is 1. The highest BCUT2D eigenvalue weighted by Crippen LogP contribution is 2.21. The van der Waals surface area contributed by atoms with E-state index in [1.54, 1.807) is 30.8 Å². The van der Waals surface area contributed by atoms with E-state index in [1.807, 2.05) is 6.07 Å². The molecule has 1 rings (SSSR count). The third-order valence-electron chi connectivity index (χ3n) is 3.72. The van der Waals surface area contributed by atoms with Crippen LogP contribution in [0.25, 0.3) is 0 Å². The Balaban J connectivity index is 2.69. The molecule has 2 N–H and O–H groups in total. The minimum absolute atomic E-state index is 0.0108. The van der Waals surface area contributed by atoms with Gasteiger partial charge in [-0.05, 0) is 11.8 Å². The summed E-state index contributed by atoms with van der Waals surface area (Å²) in [7, 11) is 3.48. The molecule has 5 nitrogen and oxygen atoms in total. The highest BCUT2D eigenvalue weighted by Gasteiger charge is 2.20. The summed E-state index contributed by atoms with van der Waals surface area (Å²) in [6.07, 6.45) is 2.07. The molecule has 1 amide bonds. The zero-order valence-electron chi connectivity index (χ0n) is 15.4. The quantitative estimate of drug-likeness (QED) is 0.427. The minimum Gasteiger partial charge on any atom is -0.356 e. The molecule has 24 heavy (non-hydrogen) atoms. The number of amides is 1. The van der Waals surface area contributed by atoms with Crippen LogP contribution in [-0.2, 0) is 10.2 Å². The Hall–Kier alpha value is -1.69. The molecule has 0 saturated heterocycles. The van der Waals surface area contributed by atoms with E-state index >= 15 is 0 Å². The maximum Gasteiger partial charge on any atom is 0.243 e. The number of likely N-dealkylation sites (N-methyl/N-ethyl adjacent to an activating group) is 1. The zero-order valence-corrected chi connectivity index (χ0v) is 16.2. The fourth-order valence-electron chi connectivity index (χ4n) is 2.03. The molecule has 0 aliphatic rings. The lowest BCUT2D eigenvalue weighted by molar-refractivity contribution is -0.127. The molecule has 0 unspecified atom stereocenters. The molecule has 0 aromatic heterocycles. The van der Waals surface area contributed by atoms with Crippen LogP contribution < -0.4 is 10.6 Å². The Labute approximate surface area is 150 Å². The lowest BCUT2D eigenvalue weighted by Gasteiger charge is -2.27. The van der Waals surface area contributed by atoms with Gasteiger partial charge in [0.15, 0.2) is 5.96 Å². The Morgan fingerprint density at radius 2 is 1.88 bits per heavy atom. The summed E-state index contributed by atoms with van der Waals surface area (Å²) in [5.41, 5.74) is 1.24. The van der Waals surface area contributed by atoms with E-state index in [1.165, 1.54) is 5.56 Å².